The minimum absolute atomic E-state index is 0.00711. The molecule has 3 rings (SSSR count). The molecule has 1 heterocycles. The molecule has 2 aromatic carbocycles. The topological polar surface area (TPSA) is 46.3 Å². The van der Waals surface area contributed by atoms with E-state index in [4.69, 9.17) is 9.52 Å². The Hall–Kier alpha value is -1.65. The first-order valence-corrected chi connectivity index (χ1v) is 6.32. The van der Waals surface area contributed by atoms with Gasteiger partial charge in [-0.25, -0.2) is 4.98 Å². The van der Waals surface area contributed by atoms with Crippen molar-refractivity contribution >= 4 is 27.0 Å². The van der Waals surface area contributed by atoms with Gasteiger partial charge in [-0.15, -0.1) is 0 Å². The number of fused-ring (bicyclic) bond motifs is 1. The third-order valence-electron chi connectivity index (χ3n) is 2.74. The van der Waals surface area contributed by atoms with Crippen molar-refractivity contribution in [2.45, 2.75) is 6.61 Å². The van der Waals surface area contributed by atoms with Crippen LogP contribution < -0.4 is 0 Å². The third kappa shape index (κ3) is 1.94. The van der Waals surface area contributed by atoms with Crippen molar-refractivity contribution in [3.63, 3.8) is 0 Å². The maximum Gasteiger partial charge on any atom is 0.228 e. The summed E-state index contributed by atoms with van der Waals surface area (Å²) in [5.41, 5.74) is 3.22. The van der Waals surface area contributed by atoms with E-state index >= 15 is 0 Å². The van der Waals surface area contributed by atoms with Crippen LogP contribution in [0.4, 0.5) is 0 Å². The lowest BCUT2D eigenvalue weighted by molar-refractivity contribution is 0.282. The van der Waals surface area contributed by atoms with Gasteiger partial charge in [-0.3, -0.25) is 0 Å². The van der Waals surface area contributed by atoms with Crippen LogP contribution in [-0.2, 0) is 6.61 Å². The van der Waals surface area contributed by atoms with E-state index in [0.29, 0.717) is 5.89 Å². The van der Waals surface area contributed by atoms with Gasteiger partial charge in [0.05, 0.1) is 12.2 Å². The Morgan fingerprint density at radius 1 is 1.17 bits per heavy atom. The minimum Gasteiger partial charge on any atom is -0.436 e. The highest BCUT2D eigenvalue weighted by Gasteiger charge is 2.10. The van der Waals surface area contributed by atoms with Crippen molar-refractivity contribution in [1.82, 2.24) is 4.98 Å². The molecule has 0 aliphatic heterocycles. The molecular weight excluding hydrogens is 294 g/mol. The van der Waals surface area contributed by atoms with Crippen LogP contribution in [0.2, 0.25) is 0 Å². The van der Waals surface area contributed by atoms with Crippen molar-refractivity contribution < 1.29 is 9.52 Å². The molecular formula is C14H10BrNO2. The molecule has 0 bridgehead atoms. The van der Waals surface area contributed by atoms with Crippen molar-refractivity contribution in [3.8, 4) is 11.5 Å². The number of nitrogens with zero attached hydrogens (tertiary/aromatic N) is 1. The van der Waals surface area contributed by atoms with Gasteiger partial charge in [-0.2, -0.15) is 0 Å². The van der Waals surface area contributed by atoms with Gasteiger partial charge in [0.15, 0.2) is 5.58 Å². The first-order chi connectivity index (χ1) is 8.78. The predicted molar refractivity (Wildman–Crippen MR) is 73.1 cm³/mol. The summed E-state index contributed by atoms with van der Waals surface area (Å²) in [6, 6.07) is 13.3. The van der Waals surface area contributed by atoms with E-state index in [9.17, 15) is 0 Å². The van der Waals surface area contributed by atoms with E-state index < -0.39 is 0 Å². The van der Waals surface area contributed by atoms with Gasteiger partial charge in [-0.1, -0.05) is 18.2 Å². The molecule has 0 fully saturated rings. The molecule has 0 atom stereocenters. The number of aliphatic hydroxyl groups excluding tert-OH is 1. The Balaban J connectivity index is 2.17. The number of benzene rings is 2. The highest BCUT2D eigenvalue weighted by atomic mass is 79.9. The van der Waals surface area contributed by atoms with Crippen LogP contribution in [0.1, 0.15) is 5.56 Å². The van der Waals surface area contributed by atoms with Crippen molar-refractivity contribution in [3.05, 3.63) is 52.5 Å². The molecule has 1 aromatic heterocycles. The predicted octanol–water partition coefficient (Wildman–Crippen LogP) is 3.75. The molecule has 18 heavy (non-hydrogen) atoms. The van der Waals surface area contributed by atoms with E-state index in [1.807, 2.05) is 42.5 Å². The van der Waals surface area contributed by atoms with Crippen molar-refractivity contribution in [1.29, 1.82) is 0 Å². The number of hydrogen-bond acceptors (Lipinski definition) is 3. The van der Waals surface area contributed by atoms with Crippen LogP contribution in [0, 0.1) is 0 Å². The second kappa shape index (κ2) is 4.55. The Kier molecular flexibility index (Phi) is 2.89. The fraction of sp³-hybridized carbons (Fsp3) is 0.0714. The molecule has 0 radical (unpaired) electrons. The quantitative estimate of drug-likeness (QED) is 0.784. The molecule has 0 saturated carbocycles. The minimum atomic E-state index is 0.00711. The van der Waals surface area contributed by atoms with Crippen LogP contribution in [0.15, 0.2) is 51.4 Å². The summed E-state index contributed by atoms with van der Waals surface area (Å²) in [5, 5.41) is 9.10. The van der Waals surface area contributed by atoms with Crippen molar-refractivity contribution in [2.75, 3.05) is 0 Å². The van der Waals surface area contributed by atoms with Crippen molar-refractivity contribution in [2.24, 2.45) is 0 Å². The number of rotatable bonds is 2. The van der Waals surface area contributed by atoms with Gasteiger partial charge in [0.1, 0.15) is 5.52 Å². The highest BCUT2D eigenvalue weighted by molar-refractivity contribution is 9.10. The Morgan fingerprint density at radius 3 is 2.78 bits per heavy atom. The Labute approximate surface area is 112 Å². The maximum atomic E-state index is 9.10. The van der Waals surface area contributed by atoms with Gasteiger partial charge in [-0.05, 0) is 45.8 Å². The smallest absolute Gasteiger partial charge is 0.228 e. The lowest BCUT2D eigenvalue weighted by atomic mass is 10.2. The maximum absolute atomic E-state index is 9.10. The number of aromatic nitrogens is 1. The highest BCUT2D eigenvalue weighted by Crippen LogP contribution is 2.30. The molecule has 0 aliphatic carbocycles. The second-order valence-corrected chi connectivity index (χ2v) is 4.81. The fourth-order valence-electron chi connectivity index (χ4n) is 1.82. The number of halogens is 1. The van der Waals surface area contributed by atoms with Crippen LogP contribution in [-0.4, -0.2) is 10.1 Å². The molecule has 3 nitrogen and oxygen atoms in total. The molecule has 0 amide bonds. The summed E-state index contributed by atoms with van der Waals surface area (Å²) in [6.07, 6.45) is 0. The standard InChI is InChI=1S/C14H10BrNO2/c15-11-4-2-1-3-10(11)14-16-12-7-9(8-17)5-6-13(12)18-14/h1-7,17H,8H2. The molecule has 1 N–H and O–H groups in total. The summed E-state index contributed by atoms with van der Waals surface area (Å²) in [5.74, 6) is 0.576. The van der Waals surface area contributed by atoms with Crippen LogP contribution in [0.25, 0.3) is 22.6 Å². The van der Waals surface area contributed by atoms with E-state index in [0.717, 1.165) is 26.7 Å². The zero-order valence-corrected chi connectivity index (χ0v) is 11.0. The average Bonchev–Trinajstić information content (AvgIpc) is 2.81. The van der Waals surface area contributed by atoms with Gasteiger partial charge in [0.2, 0.25) is 5.89 Å². The van der Waals surface area contributed by atoms with Crippen LogP contribution >= 0.6 is 15.9 Å². The third-order valence-corrected chi connectivity index (χ3v) is 3.43. The van der Waals surface area contributed by atoms with Crippen LogP contribution in [0.5, 0.6) is 0 Å². The first kappa shape index (κ1) is 11.4. The summed E-state index contributed by atoms with van der Waals surface area (Å²) in [7, 11) is 0. The Morgan fingerprint density at radius 2 is 2.00 bits per heavy atom. The van der Waals surface area contributed by atoms with Crippen LogP contribution in [0.3, 0.4) is 0 Å². The van der Waals surface area contributed by atoms with E-state index in [1.165, 1.54) is 0 Å². The molecule has 0 aliphatic rings. The molecule has 0 unspecified atom stereocenters. The molecule has 90 valence electrons. The summed E-state index contributed by atoms with van der Waals surface area (Å²) in [4.78, 5) is 4.44. The monoisotopic (exact) mass is 303 g/mol. The molecule has 0 spiro atoms. The SMILES string of the molecule is OCc1ccc2oc(-c3ccccc3Br)nc2c1. The van der Waals surface area contributed by atoms with Gasteiger partial charge in [0.25, 0.3) is 0 Å². The number of oxazole rings is 1. The molecule has 3 aromatic rings. The molecule has 4 heteroatoms. The Bertz CT molecular complexity index is 706. The zero-order valence-electron chi connectivity index (χ0n) is 9.43. The largest absolute Gasteiger partial charge is 0.436 e. The molecule has 0 saturated heterocycles. The summed E-state index contributed by atoms with van der Waals surface area (Å²) >= 11 is 3.48. The fourth-order valence-corrected chi connectivity index (χ4v) is 2.28. The average molecular weight is 304 g/mol. The van der Waals surface area contributed by atoms with Gasteiger partial charge < -0.3 is 9.52 Å². The normalized spacial score (nSPS) is 11.0. The van der Waals surface area contributed by atoms with Gasteiger partial charge in [0, 0.05) is 4.47 Å². The van der Waals surface area contributed by atoms with E-state index in [1.54, 1.807) is 0 Å². The number of aliphatic hydroxyl groups is 1. The van der Waals surface area contributed by atoms with E-state index in [-0.39, 0.29) is 6.61 Å². The van der Waals surface area contributed by atoms with Gasteiger partial charge >= 0.3 is 0 Å². The summed E-state index contributed by atoms with van der Waals surface area (Å²) in [6.45, 7) is 0.00711. The van der Waals surface area contributed by atoms with E-state index in [2.05, 4.69) is 20.9 Å². The zero-order chi connectivity index (χ0) is 12.5. The second-order valence-electron chi connectivity index (χ2n) is 3.96. The number of hydrogen-bond donors (Lipinski definition) is 1. The summed E-state index contributed by atoms with van der Waals surface area (Å²) < 4.78 is 6.66. The lowest BCUT2D eigenvalue weighted by Gasteiger charge is -1.97. The first-order valence-electron chi connectivity index (χ1n) is 5.53. The lowest BCUT2D eigenvalue weighted by Crippen LogP contribution is -1.81.